The molecule has 2 aromatic carbocycles. The zero-order valence-electron chi connectivity index (χ0n) is 16.5. The van der Waals surface area contributed by atoms with E-state index in [2.05, 4.69) is 42.0 Å². The summed E-state index contributed by atoms with van der Waals surface area (Å²) in [6.07, 6.45) is 5.40. The first-order chi connectivity index (χ1) is 13.7. The summed E-state index contributed by atoms with van der Waals surface area (Å²) >= 11 is 0. The lowest BCUT2D eigenvalue weighted by Crippen LogP contribution is -2.36. The minimum absolute atomic E-state index is 0.301. The predicted molar refractivity (Wildman–Crippen MR) is 107 cm³/mol. The second kappa shape index (κ2) is 6.59. The molecular formula is C23H24NO4+. The molecule has 28 heavy (non-hydrogen) atoms. The van der Waals surface area contributed by atoms with Crippen molar-refractivity contribution in [3.63, 3.8) is 0 Å². The molecule has 3 aromatic rings. The Labute approximate surface area is 164 Å². The minimum atomic E-state index is 0.301. The van der Waals surface area contributed by atoms with Crippen LogP contribution in [-0.4, -0.2) is 21.0 Å². The summed E-state index contributed by atoms with van der Waals surface area (Å²) in [5.41, 5.74) is 5.13. The highest BCUT2D eigenvalue weighted by atomic mass is 16.7. The summed E-state index contributed by atoms with van der Waals surface area (Å²) in [6, 6.07) is 8.45. The van der Waals surface area contributed by atoms with Gasteiger partial charge in [0, 0.05) is 29.2 Å². The normalized spacial score (nSPS) is 13.5. The number of hydrogen-bond acceptors (Lipinski definition) is 4. The number of benzene rings is 2. The highest BCUT2D eigenvalue weighted by Crippen LogP contribution is 2.46. The van der Waals surface area contributed by atoms with Gasteiger partial charge >= 0.3 is 0 Å². The van der Waals surface area contributed by atoms with Gasteiger partial charge < -0.3 is 18.9 Å². The molecule has 144 valence electrons. The lowest BCUT2D eigenvalue weighted by Gasteiger charge is -2.12. The molecule has 0 radical (unpaired) electrons. The zero-order chi connectivity index (χ0) is 19.3. The van der Waals surface area contributed by atoms with Gasteiger partial charge in [-0.15, -0.1) is 0 Å². The van der Waals surface area contributed by atoms with Crippen molar-refractivity contribution in [3.05, 3.63) is 41.6 Å². The summed E-state index contributed by atoms with van der Waals surface area (Å²) in [7, 11) is 3.36. The van der Waals surface area contributed by atoms with Crippen molar-refractivity contribution in [2.45, 2.75) is 32.7 Å². The van der Waals surface area contributed by atoms with E-state index in [1.807, 2.05) is 0 Å². The van der Waals surface area contributed by atoms with E-state index in [1.165, 1.54) is 33.2 Å². The highest BCUT2D eigenvalue weighted by molar-refractivity contribution is 5.94. The van der Waals surface area contributed by atoms with Gasteiger partial charge in [0.05, 0.1) is 19.8 Å². The summed E-state index contributed by atoms with van der Waals surface area (Å²) in [4.78, 5) is 0. The molecule has 1 aliphatic carbocycles. The lowest BCUT2D eigenvalue weighted by atomic mass is 10.0. The van der Waals surface area contributed by atoms with Crippen LogP contribution in [0.15, 0.2) is 30.5 Å². The number of hydrogen-bond donors (Lipinski definition) is 0. The number of aryl methyl sites for hydroxylation is 1. The number of rotatable bonds is 5. The Hall–Kier alpha value is -2.95. The largest absolute Gasteiger partial charge is 0.493 e. The molecule has 5 nitrogen and oxygen atoms in total. The van der Waals surface area contributed by atoms with Crippen LogP contribution in [0.5, 0.6) is 23.0 Å². The van der Waals surface area contributed by atoms with Gasteiger partial charge in [0.2, 0.25) is 12.5 Å². The Morgan fingerprint density at radius 2 is 1.75 bits per heavy atom. The first-order valence-corrected chi connectivity index (χ1v) is 9.77. The fourth-order valence-electron chi connectivity index (χ4n) is 4.34. The molecular weight excluding hydrogens is 354 g/mol. The number of methoxy groups -OCH3 is 2. The number of fused-ring (bicyclic) bond motifs is 6. The van der Waals surface area contributed by atoms with E-state index < -0.39 is 0 Å². The molecule has 0 spiro atoms. The van der Waals surface area contributed by atoms with Crippen LogP contribution in [0.1, 0.15) is 30.9 Å². The van der Waals surface area contributed by atoms with Gasteiger partial charge in [0.25, 0.3) is 0 Å². The first kappa shape index (κ1) is 17.2. The number of nitrogens with zero attached hydrogens (tertiary/aromatic N) is 1. The summed E-state index contributed by atoms with van der Waals surface area (Å²) in [5.74, 6) is 3.19. The molecule has 0 fully saturated rings. The molecule has 0 saturated carbocycles. The number of ether oxygens (including phenoxy) is 4. The summed E-state index contributed by atoms with van der Waals surface area (Å²) < 4.78 is 24.7. The third-order valence-electron chi connectivity index (χ3n) is 5.72. The Bertz CT molecular complexity index is 1090. The molecule has 1 aliphatic heterocycles. The first-order valence-electron chi connectivity index (χ1n) is 9.77. The van der Waals surface area contributed by atoms with Crippen molar-refractivity contribution in [2.24, 2.45) is 0 Å². The number of pyridine rings is 1. The number of aromatic nitrogens is 1. The van der Waals surface area contributed by atoms with E-state index >= 15 is 0 Å². The van der Waals surface area contributed by atoms with Gasteiger partial charge in [-0.05, 0) is 29.8 Å². The van der Waals surface area contributed by atoms with Crippen LogP contribution in [0.2, 0.25) is 0 Å². The average molecular weight is 378 g/mol. The van der Waals surface area contributed by atoms with E-state index in [9.17, 15) is 0 Å². The van der Waals surface area contributed by atoms with Crippen molar-refractivity contribution in [1.82, 2.24) is 0 Å². The van der Waals surface area contributed by atoms with Crippen molar-refractivity contribution in [2.75, 3.05) is 21.0 Å². The van der Waals surface area contributed by atoms with Gasteiger partial charge in [-0.1, -0.05) is 13.3 Å². The van der Waals surface area contributed by atoms with E-state index in [4.69, 9.17) is 18.9 Å². The van der Waals surface area contributed by atoms with Gasteiger partial charge in [-0.25, -0.2) is 0 Å². The molecule has 0 amide bonds. The maximum absolute atomic E-state index is 5.65. The SMILES string of the molecule is CCCC[n+]1cc2cc(OC)c(OC)cc2c2c1-c1cc3c(cc1C2)OCO3. The van der Waals surface area contributed by atoms with Crippen LogP contribution in [0.3, 0.4) is 0 Å². The molecule has 2 heterocycles. The topological polar surface area (TPSA) is 40.8 Å². The van der Waals surface area contributed by atoms with Gasteiger partial charge in [-0.3, -0.25) is 0 Å². The standard InChI is InChI=1S/C23H24NO4/c1-4-5-6-24-12-15-9-19(25-2)20(26-3)10-16(15)18-7-14-8-21-22(28-13-27-21)11-17(14)23(18)24/h8-12H,4-7,13H2,1-3H3/q+1. The maximum atomic E-state index is 5.65. The smallest absolute Gasteiger partial charge is 0.231 e. The van der Waals surface area contributed by atoms with E-state index in [0.29, 0.717) is 6.79 Å². The van der Waals surface area contributed by atoms with Crippen molar-refractivity contribution >= 4 is 10.8 Å². The molecule has 5 heteroatoms. The van der Waals surface area contributed by atoms with E-state index in [-0.39, 0.29) is 0 Å². The fourth-order valence-corrected chi connectivity index (χ4v) is 4.34. The third kappa shape index (κ3) is 2.49. The summed E-state index contributed by atoms with van der Waals surface area (Å²) in [5, 5.41) is 2.37. The molecule has 0 bridgehead atoms. The molecule has 0 saturated heterocycles. The predicted octanol–water partition coefficient (Wildman–Crippen LogP) is 4.24. The Morgan fingerprint density at radius 1 is 1.00 bits per heavy atom. The van der Waals surface area contributed by atoms with Crippen LogP contribution >= 0.6 is 0 Å². The quantitative estimate of drug-likeness (QED) is 0.487. The minimum Gasteiger partial charge on any atom is -0.493 e. The van der Waals surface area contributed by atoms with Crippen LogP contribution in [0.25, 0.3) is 22.0 Å². The zero-order valence-corrected chi connectivity index (χ0v) is 16.5. The van der Waals surface area contributed by atoms with Crippen molar-refractivity contribution in [3.8, 4) is 34.3 Å². The second-order valence-electron chi connectivity index (χ2n) is 7.34. The van der Waals surface area contributed by atoms with E-state index in [0.717, 1.165) is 48.8 Å². The van der Waals surface area contributed by atoms with Crippen molar-refractivity contribution in [1.29, 1.82) is 0 Å². The molecule has 5 rings (SSSR count). The van der Waals surface area contributed by atoms with Gasteiger partial charge in [0.1, 0.15) is 6.54 Å². The Morgan fingerprint density at radius 3 is 2.50 bits per heavy atom. The van der Waals surface area contributed by atoms with E-state index in [1.54, 1.807) is 14.2 Å². The monoisotopic (exact) mass is 378 g/mol. The average Bonchev–Trinajstić information content (AvgIpc) is 3.33. The van der Waals surface area contributed by atoms with Gasteiger partial charge in [-0.2, -0.15) is 4.57 Å². The summed E-state index contributed by atoms with van der Waals surface area (Å²) in [6.45, 7) is 3.51. The maximum Gasteiger partial charge on any atom is 0.231 e. The van der Waals surface area contributed by atoms with Gasteiger partial charge in [0.15, 0.2) is 29.2 Å². The molecule has 1 aromatic heterocycles. The van der Waals surface area contributed by atoms with Crippen LogP contribution < -0.4 is 23.5 Å². The molecule has 0 unspecified atom stereocenters. The Kier molecular flexibility index (Phi) is 4.04. The van der Waals surface area contributed by atoms with Crippen molar-refractivity contribution < 1.29 is 23.5 Å². The van der Waals surface area contributed by atoms with Crippen LogP contribution in [-0.2, 0) is 13.0 Å². The molecule has 2 aliphatic rings. The molecule has 0 atom stereocenters. The van der Waals surface area contributed by atoms with Crippen LogP contribution in [0.4, 0.5) is 0 Å². The highest BCUT2D eigenvalue weighted by Gasteiger charge is 2.33. The molecule has 0 N–H and O–H groups in total. The lowest BCUT2D eigenvalue weighted by molar-refractivity contribution is -0.685. The fraction of sp³-hybridized carbons (Fsp3) is 0.348. The second-order valence-corrected chi connectivity index (χ2v) is 7.34. The Balaban J connectivity index is 1.77. The van der Waals surface area contributed by atoms with Crippen LogP contribution in [0, 0.1) is 0 Å². The third-order valence-corrected chi connectivity index (χ3v) is 5.72. The number of unbranched alkanes of at least 4 members (excludes halogenated alkanes) is 1.